The van der Waals surface area contributed by atoms with Crippen molar-refractivity contribution >= 4 is 40.1 Å². The van der Waals surface area contributed by atoms with Gasteiger partial charge in [-0.25, -0.2) is 9.18 Å². The van der Waals surface area contributed by atoms with E-state index in [0.29, 0.717) is 18.6 Å². The van der Waals surface area contributed by atoms with Crippen LogP contribution in [0.1, 0.15) is 42.1 Å². The molecule has 1 saturated heterocycles. The summed E-state index contributed by atoms with van der Waals surface area (Å²) in [5, 5.41) is 9.45. The molecule has 1 aromatic heterocycles. The van der Waals surface area contributed by atoms with E-state index >= 15 is 4.39 Å². The van der Waals surface area contributed by atoms with Gasteiger partial charge in [-0.3, -0.25) is 9.59 Å². The third kappa shape index (κ3) is 3.79. The average molecular weight is 466 g/mol. The van der Waals surface area contributed by atoms with Crippen LogP contribution in [-0.4, -0.2) is 65.6 Å². The second-order valence-electron chi connectivity index (χ2n) is 8.33. The number of ether oxygens (including phenoxy) is 1. The molecule has 2 heterocycles. The Balaban J connectivity index is 1.87. The Kier molecular flexibility index (Phi) is 6.03. The standard InChI is InChI=1S/C22H25ClFN3O5/c1-25(17(28)9-23)13-4-3-7-26(10-13)19-16(24)8-14-18(21(19)32-2)27(12-5-6-12)11-15(20(14)29)22(30)31/h8,11-13H,3-7,9-10H2,1-2H3,(H,30,31). The third-order valence-electron chi connectivity index (χ3n) is 6.34. The molecule has 1 saturated carbocycles. The van der Waals surface area contributed by atoms with E-state index < -0.39 is 22.8 Å². The Morgan fingerprint density at radius 2 is 2.06 bits per heavy atom. The second kappa shape index (κ2) is 8.61. The lowest BCUT2D eigenvalue weighted by molar-refractivity contribution is -0.129. The molecule has 32 heavy (non-hydrogen) atoms. The van der Waals surface area contributed by atoms with Crippen molar-refractivity contribution in [3.05, 3.63) is 33.9 Å². The van der Waals surface area contributed by atoms with E-state index in [2.05, 4.69) is 0 Å². The van der Waals surface area contributed by atoms with E-state index in [1.807, 2.05) is 4.90 Å². The Labute approximate surface area is 189 Å². The van der Waals surface area contributed by atoms with Crippen molar-refractivity contribution in [1.29, 1.82) is 0 Å². The molecule has 2 fully saturated rings. The van der Waals surface area contributed by atoms with Crippen LogP contribution in [0.5, 0.6) is 5.75 Å². The number of alkyl halides is 1. The summed E-state index contributed by atoms with van der Waals surface area (Å²) in [6.07, 6.45) is 4.51. The minimum Gasteiger partial charge on any atom is -0.492 e. The molecule has 2 aromatic rings. The first kappa shape index (κ1) is 22.4. The van der Waals surface area contributed by atoms with Crippen LogP contribution in [0.15, 0.2) is 17.1 Å². The van der Waals surface area contributed by atoms with Gasteiger partial charge in [-0.05, 0) is 31.7 Å². The maximum Gasteiger partial charge on any atom is 0.341 e. The van der Waals surface area contributed by atoms with Gasteiger partial charge in [0.05, 0.1) is 18.0 Å². The zero-order valence-corrected chi connectivity index (χ0v) is 18.7. The fourth-order valence-electron chi connectivity index (χ4n) is 4.50. The van der Waals surface area contributed by atoms with Crippen LogP contribution in [0.25, 0.3) is 10.9 Å². The molecule has 1 aliphatic carbocycles. The minimum absolute atomic E-state index is 0.0158. The maximum absolute atomic E-state index is 15.4. The number of aromatic nitrogens is 1. The summed E-state index contributed by atoms with van der Waals surface area (Å²) in [6.45, 7) is 0.942. The van der Waals surface area contributed by atoms with Gasteiger partial charge in [0.1, 0.15) is 17.1 Å². The van der Waals surface area contributed by atoms with Gasteiger partial charge in [0.15, 0.2) is 11.6 Å². The number of aromatic carboxylic acids is 1. The van der Waals surface area contributed by atoms with E-state index in [4.69, 9.17) is 16.3 Å². The molecule has 1 amide bonds. The van der Waals surface area contributed by atoms with Crippen LogP contribution in [0.3, 0.4) is 0 Å². The van der Waals surface area contributed by atoms with E-state index in [0.717, 1.165) is 31.7 Å². The number of carboxylic acids is 1. The number of halogens is 2. The number of methoxy groups -OCH3 is 1. The summed E-state index contributed by atoms with van der Waals surface area (Å²) in [5.41, 5.74) is -0.517. The first-order valence-electron chi connectivity index (χ1n) is 10.5. The fraction of sp³-hybridized carbons (Fsp3) is 0.500. The van der Waals surface area contributed by atoms with Crippen LogP contribution in [0.2, 0.25) is 0 Å². The summed E-state index contributed by atoms with van der Waals surface area (Å²) >= 11 is 5.70. The van der Waals surface area contributed by atoms with Crippen LogP contribution in [0.4, 0.5) is 10.1 Å². The first-order chi connectivity index (χ1) is 15.3. The van der Waals surface area contributed by atoms with Gasteiger partial charge < -0.3 is 24.2 Å². The molecule has 0 radical (unpaired) electrons. The zero-order chi connectivity index (χ0) is 23.2. The number of amides is 1. The van der Waals surface area contributed by atoms with Gasteiger partial charge in [-0.15, -0.1) is 11.6 Å². The molecule has 8 nitrogen and oxygen atoms in total. The van der Waals surface area contributed by atoms with Crippen molar-refractivity contribution in [2.24, 2.45) is 0 Å². The minimum atomic E-state index is -1.35. The number of carboxylic acid groups (broad SMARTS) is 1. The molecule has 1 atom stereocenters. The Bertz CT molecular complexity index is 1150. The van der Waals surface area contributed by atoms with Crippen molar-refractivity contribution in [3.8, 4) is 5.75 Å². The predicted molar refractivity (Wildman–Crippen MR) is 119 cm³/mol. The second-order valence-corrected chi connectivity index (χ2v) is 8.60. The normalized spacial score (nSPS) is 18.6. The van der Waals surface area contributed by atoms with Gasteiger partial charge in [0.2, 0.25) is 11.3 Å². The van der Waals surface area contributed by atoms with Gasteiger partial charge in [0.25, 0.3) is 0 Å². The van der Waals surface area contributed by atoms with E-state index in [1.165, 1.54) is 13.3 Å². The van der Waals surface area contributed by atoms with Gasteiger partial charge >= 0.3 is 5.97 Å². The first-order valence-corrected chi connectivity index (χ1v) is 11.1. The lowest BCUT2D eigenvalue weighted by Crippen LogP contribution is -2.49. The quantitative estimate of drug-likeness (QED) is 0.659. The van der Waals surface area contributed by atoms with E-state index in [1.54, 1.807) is 16.5 Å². The number of rotatable bonds is 6. The molecule has 2 aliphatic rings. The van der Waals surface area contributed by atoms with Gasteiger partial charge in [-0.1, -0.05) is 0 Å². The smallest absolute Gasteiger partial charge is 0.341 e. The number of carbonyl (C=O) groups excluding carboxylic acids is 1. The topological polar surface area (TPSA) is 92.1 Å². The molecule has 172 valence electrons. The highest BCUT2D eigenvalue weighted by Crippen LogP contribution is 2.44. The van der Waals surface area contributed by atoms with Crippen molar-refractivity contribution in [2.75, 3.05) is 38.0 Å². The molecular weight excluding hydrogens is 441 g/mol. The number of fused-ring (bicyclic) bond motifs is 1. The largest absolute Gasteiger partial charge is 0.492 e. The monoisotopic (exact) mass is 465 g/mol. The molecule has 1 N–H and O–H groups in total. The van der Waals surface area contributed by atoms with Crippen LogP contribution in [0, 0.1) is 5.82 Å². The summed E-state index contributed by atoms with van der Waals surface area (Å²) < 4.78 is 22.8. The number of carbonyl (C=O) groups is 2. The highest BCUT2D eigenvalue weighted by molar-refractivity contribution is 6.27. The number of nitrogens with zero attached hydrogens (tertiary/aromatic N) is 3. The van der Waals surface area contributed by atoms with Crippen LogP contribution in [-0.2, 0) is 4.79 Å². The Morgan fingerprint density at radius 3 is 2.66 bits per heavy atom. The summed E-state index contributed by atoms with van der Waals surface area (Å²) in [7, 11) is 3.10. The number of hydrogen-bond acceptors (Lipinski definition) is 5. The van der Waals surface area contributed by atoms with Gasteiger partial charge in [0, 0.05) is 38.4 Å². The number of benzene rings is 1. The van der Waals surface area contributed by atoms with Gasteiger partial charge in [-0.2, -0.15) is 0 Å². The summed E-state index contributed by atoms with van der Waals surface area (Å²) in [5.74, 6) is -2.13. The van der Waals surface area contributed by atoms with E-state index in [-0.39, 0.29) is 40.7 Å². The number of likely N-dealkylation sites (N-methyl/N-ethyl adjacent to an activating group) is 1. The van der Waals surface area contributed by atoms with Crippen LogP contribution >= 0.6 is 11.6 Å². The Hall–Kier alpha value is -2.81. The number of piperidine rings is 1. The number of pyridine rings is 1. The molecule has 1 aromatic carbocycles. The molecule has 1 aliphatic heterocycles. The molecule has 1 unspecified atom stereocenters. The molecule has 10 heteroatoms. The predicted octanol–water partition coefficient (Wildman–Crippen LogP) is 2.85. The Morgan fingerprint density at radius 1 is 1.34 bits per heavy atom. The van der Waals surface area contributed by atoms with Crippen molar-refractivity contribution in [2.45, 2.75) is 37.8 Å². The van der Waals surface area contributed by atoms with Crippen molar-refractivity contribution in [1.82, 2.24) is 9.47 Å². The lowest BCUT2D eigenvalue weighted by Gasteiger charge is -2.39. The number of hydrogen-bond donors (Lipinski definition) is 1. The van der Waals surface area contributed by atoms with Crippen LogP contribution < -0.4 is 15.1 Å². The molecule has 0 spiro atoms. The highest BCUT2D eigenvalue weighted by atomic mass is 35.5. The lowest BCUT2D eigenvalue weighted by atomic mass is 10.0. The summed E-state index contributed by atoms with van der Waals surface area (Å²) in [6, 6.07) is 0.998. The average Bonchev–Trinajstić information content (AvgIpc) is 3.63. The molecular formula is C22H25ClFN3O5. The van der Waals surface area contributed by atoms with Crippen molar-refractivity contribution < 1.29 is 23.8 Å². The summed E-state index contributed by atoms with van der Waals surface area (Å²) in [4.78, 5) is 39.9. The highest BCUT2D eigenvalue weighted by Gasteiger charge is 2.33. The third-order valence-corrected chi connectivity index (χ3v) is 6.57. The number of anilines is 1. The fourth-order valence-corrected chi connectivity index (χ4v) is 4.68. The SMILES string of the molecule is COc1c(N2CCCC(N(C)C(=O)CCl)C2)c(F)cc2c(=O)c(C(=O)O)cn(C3CC3)c12. The van der Waals surface area contributed by atoms with Crippen molar-refractivity contribution in [3.63, 3.8) is 0 Å². The molecule has 4 rings (SSSR count). The maximum atomic E-state index is 15.4. The zero-order valence-electron chi connectivity index (χ0n) is 17.9. The molecule has 0 bridgehead atoms. The van der Waals surface area contributed by atoms with E-state index in [9.17, 15) is 19.5 Å².